The van der Waals surface area contributed by atoms with Gasteiger partial charge in [-0.1, -0.05) is 37.5 Å². The van der Waals surface area contributed by atoms with Crippen LogP contribution in [0.4, 0.5) is 0 Å². The average Bonchev–Trinajstić information content (AvgIpc) is 3.02. The number of aliphatic hydroxyl groups is 1. The summed E-state index contributed by atoms with van der Waals surface area (Å²) >= 11 is 0. The average molecular weight is 423 g/mol. The normalized spacial score (nSPS) is 29.4. The van der Waals surface area contributed by atoms with E-state index in [1.165, 1.54) is 25.7 Å². The molecule has 0 aromatic carbocycles. The van der Waals surface area contributed by atoms with Crippen LogP contribution in [0.2, 0.25) is 0 Å². The van der Waals surface area contributed by atoms with Crippen LogP contribution in [0.5, 0.6) is 0 Å². The fraction of sp³-hybridized carbons (Fsp3) is 0.800. The highest BCUT2D eigenvalue weighted by Crippen LogP contribution is 2.41. The van der Waals surface area contributed by atoms with Crippen molar-refractivity contribution >= 4 is 5.97 Å². The van der Waals surface area contributed by atoms with Crippen molar-refractivity contribution in [3.8, 4) is 0 Å². The largest absolute Gasteiger partial charge is 0.481 e. The minimum atomic E-state index is -0.743. The molecule has 2 fully saturated rings. The molecule has 0 amide bonds. The van der Waals surface area contributed by atoms with Gasteiger partial charge in [-0.25, -0.2) is 0 Å². The van der Waals surface area contributed by atoms with Gasteiger partial charge < -0.3 is 19.7 Å². The van der Waals surface area contributed by atoms with Crippen LogP contribution in [0.25, 0.3) is 0 Å². The molecular formula is C25H42O5. The Kier molecular flexibility index (Phi) is 12.4. The van der Waals surface area contributed by atoms with E-state index in [2.05, 4.69) is 18.7 Å². The van der Waals surface area contributed by atoms with Gasteiger partial charge in [-0.05, 0) is 69.6 Å². The van der Waals surface area contributed by atoms with E-state index in [0.717, 1.165) is 51.6 Å². The van der Waals surface area contributed by atoms with Gasteiger partial charge >= 0.3 is 5.97 Å². The lowest BCUT2D eigenvalue weighted by Gasteiger charge is -2.30. The molecular weight excluding hydrogens is 380 g/mol. The number of hydrogen-bond donors (Lipinski definition) is 2. The van der Waals surface area contributed by atoms with Crippen molar-refractivity contribution in [2.24, 2.45) is 11.8 Å². The van der Waals surface area contributed by atoms with E-state index in [1.54, 1.807) is 0 Å². The molecule has 1 aliphatic carbocycles. The summed E-state index contributed by atoms with van der Waals surface area (Å²) in [6, 6.07) is 0. The lowest BCUT2D eigenvalue weighted by Crippen LogP contribution is -2.31. The molecule has 0 aromatic rings. The Morgan fingerprint density at radius 3 is 2.63 bits per heavy atom. The molecule has 172 valence electrons. The predicted molar refractivity (Wildman–Crippen MR) is 119 cm³/mol. The molecule has 0 spiro atoms. The molecule has 1 saturated carbocycles. The third-order valence-corrected chi connectivity index (χ3v) is 6.49. The van der Waals surface area contributed by atoms with Gasteiger partial charge in [0.05, 0.1) is 12.2 Å². The molecule has 2 N–H and O–H groups in total. The van der Waals surface area contributed by atoms with Gasteiger partial charge in [-0.2, -0.15) is 0 Å². The van der Waals surface area contributed by atoms with E-state index in [1.807, 2.05) is 6.08 Å². The molecule has 0 aromatic heterocycles. The molecule has 2 rings (SSSR count). The summed E-state index contributed by atoms with van der Waals surface area (Å²) in [5, 5.41) is 19.5. The summed E-state index contributed by atoms with van der Waals surface area (Å²) < 4.78 is 12.1. The Morgan fingerprint density at radius 2 is 1.90 bits per heavy atom. The quantitative estimate of drug-likeness (QED) is 0.264. The van der Waals surface area contributed by atoms with Gasteiger partial charge in [0.2, 0.25) is 0 Å². The third-order valence-electron chi connectivity index (χ3n) is 6.49. The summed E-state index contributed by atoms with van der Waals surface area (Å²) in [5.74, 6) is -0.177. The van der Waals surface area contributed by atoms with Gasteiger partial charge in [-0.3, -0.25) is 4.79 Å². The van der Waals surface area contributed by atoms with Crippen LogP contribution in [0, 0.1) is 11.8 Å². The molecule has 1 heterocycles. The lowest BCUT2D eigenvalue weighted by molar-refractivity contribution is -0.196. The zero-order valence-electron chi connectivity index (χ0n) is 18.6. The zero-order chi connectivity index (χ0) is 21.6. The Bertz CT molecular complexity index is 512. The van der Waals surface area contributed by atoms with Gasteiger partial charge in [0, 0.05) is 19.4 Å². The summed E-state index contributed by atoms with van der Waals surface area (Å²) in [4.78, 5) is 10.6. The minimum absolute atomic E-state index is 0.0710. The van der Waals surface area contributed by atoms with E-state index >= 15 is 0 Å². The van der Waals surface area contributed by atoms with Crippen LogP contribution >= 0.6 is 0 Å². The fourth-order valence-electron chi connectivity index (χ4n) is 4.82. The molecule has 0 radical (unpaired) electrons. The number of carbonyl (C=O) groups is 1. The number of aliphatic carboxylic acids is 1. The summed E-state index contributed by atoms with van der Waals surface area (Å²) in [6.07, 6.45) is 19.2. The lowest BCUT2D eigenvalue weighted by atomic mass is 9.86. The third kappa shape index (κ3) is 9.32. The van der Waals surface area contributed by atoms with Crippen LogP contribution in [0.15, 0.2) is 24.8 Å². The second-order valence-electron chi connectivity index (χ2n) is 8.87. The maximum Gasteiger partial charge on any atom is 0.303 e. The van der Waals surface area contributed by atoms with Crippen molar-refractivity contribution in [1.82, 2.24) is 0 Å². The zero-order valence-corrected chi connectivity index (χ0v) is 18.6. The fourth-order valence-corrected chi connectivity index (χ4v) is 4.82. The first-order valence-electron chi connectivity index (χ1n) is 12.0. The van der Waals surface area contributed by atoms with Gasteiger partial charge in [0.15, 0.2) is 6.29 Å². The highest BCUT2D eigenvalue weighted by atomic mass is 16.7. The molecule has 1 saturated heterocycles. The Hall–Kier alpha value is -1.17. The van der Waals surface area contributed by atoms with Gasteiger partial charge in [0.1, 0.15) is 0 Å². The molecule has 5 nitrogen and oxygen atoms in total. The number of unbranched alkanes of at least 4 members (excludes halogenated alkanes) is 5. The monoisotopic (exact) mass is 422 g/mol. The van der Waals surface area contributed by atoms with E-state index in [4.69, 9.17) is 14.6 Å². The highest BCUT2D eigenvalue weighted by molar-refractivity contribution is 5.66. The second-order valence-corrected chi connectivity index (χ2v) is 8.87. The van der Waals surface area contributed by atoms with Gasteiger partial charge in [0.25, 0.3) is 0 Å². The number of ether oxygens (including phenoxy) is 2. The molecule has 5 heteroatoms. The first kappa shape index (κ1) is 25.1. The van der Waals surface area contributed by atoms with E-state index in [0.29, 0.717) is 18.8 Å². The van der Waals surface area contributed by atoms with Crippen molar-refractivity contribution in [3.05, 3.63) is 24.8 Å². The Morgan fingerprint density at radius 1 is 1.07 bits per heavy atom. The van der Waals surface area contributed by atoms with E-state index in [9.17, 15) is 9.90 Å². The van der Waals surface area contributed by atoms with E-state index < -0.39 is 5.97 Å². The molecule has 1 aliphatic heterocycles. The van der Waals surface area contributed by atoms with Crippen molar-refractivity contribution in [1.29, 1.82) is 0 Å². The van der Waals surface area contributed by atoms with Crippen LogP contribution in [-0.2, 0) is 14.3 Å². The predicted octanol–water partition coefficient (Wildman–Crippen LogP) is 5.62. The number of allylic oxidation sites excluding steroid dienone is 3. The van der Waals surface area contributed by atoms with Crippen LogP contribution in [0.1, 0.15) is 89.9 Å². The topological polar surface area (TPSA) is 76.0 Å². The second kappa shape index (κ2) is 14.8. The van der Waals surface area contributed by atoms with Crippen molar-refractivity contribution in [3.63, 3.8) is 0 Å². The number of aliphatic hydroxyl groups excluding tert-OH is 1. The molecule has 5 atom stereocenters. The first-order valence-corrected chi connectivity index (χ1v) is 12.0. The molecule has 30 heavy (non-hydrogen) atoms. The van der Waals surface area contributed by atoms with Crippen molar-refractivity contribution in [2.75, 3.05) is 6.61 Å². The molecule has 1 unspecified atom stereocenters. The first-order chi connectivity index (χ1) is 14.6. The summed E-state index contributed by atoms with van der Waals surface area (Å²) in [7, 11) is 0. The number of carboxylic acid groups (broad SMARTS) is 1. The number of carboxylic acids is 1. The highest BCUT2D eigenvalue weighted by Gasteiger charge is 2.43. The standard InChI is InChI=1S/C25H42O5/c1-2-3-4-5-6-10-15-21-20(14-9-7-8-11-16-24(27)28)22(26)19-23(21)30-25-17-12-13-18-29-25/h2,7,9,20-23,25-26H,1,3-6,8,10-19H2,(H,27,28)/t20-,21-,22+,23-,25?/m1/s1. The van der Waals surface area contributed by atoms with E-state index in [-0.39, 0.29) is 30.8 Å². The summed E-state index contributed by atoms with van der Waals surface area (Å²) in [5.41, 5.74) is 0. The van der Waals surface area contributed by atoms with Gasteiger partial charge in [-0.15, -0.1) is 6.58 Å². The van der Waals surface area contributed by atoms with Crippen LogP contribution < -0.4 is 0 Å². The number of rotatable bonds is 15. The molecule has 2 aliphatic rings. The van der Waals surface area contributed by atoms with Crippen LogP contribution in [-0.4, -0.2) is 41.3 Å². The smallest absolute Gasteiger partial charge is 0.303 e. The van der Waals surface area contributed by atoms with Crippen molar-refractivity contribution < 1.29 is 24.5 Å². The van der Waals surface area contributed by atoms with Crippen LogP contribution in [0.3, 0.4) is 0 Å². The minimum Gasteiger partial charge on any atom is -0.481 e. The SMILES string of the molecule is C=CCCCCCC[C@@H]1[C@@H](CC=CCCCC(=O)O)[C@@H](O)C[C@H]1OC1CCCCO1. The maximum atomic E-state index is 10.8. The Labute approximate surface area is 182 Å². The summed E-state index contributed by atoms with van der Waals surface area (Å²) in [6.45, 7) is 4.56. The molecule has 0 bridgehead atoms. The number of hydrogen-bond acceptors (Lipinski definition) is 4. The maximum absolute atomic E-state index is 10.8. The Balaban J connectivity index is 1.85. The van der Waals surface area contributed by atoms with Crippen molar-refractivity contribution in [2.45, 2.75) is 108 Å².